The first-order valence-electron chi connectivity index (χ1n) is 9.27. The first-order chi connectivity index (χ1) is 10.2. The predicted octanol–water partition coefficient (Wildman–Crippen LogP) is 4.01. The lowest BCUT2D eigenvalue weighted by Gasteiger charge is -2.45. The summed E-state index contributed by atoms with van der Waals surface area (Å²) in [6.45, 7) is 10.9. The van der Waals surface area contributed by atoms with Gasteiger partial charge in [-0.15, -0.1) is 0 Å². The molecule has 2 fully saturated rings. The zero-order valence-electron chi connectivity index (χ0n) is 14.4. The summed E-state index contributed by atoms with van der Waals surface area (Å²) < 4.78 is 0. The van der Waals surface area contributed by atoms with E-state index >= 15 is 0 Å². The molecule has 3 heteroatoms. The van der Waals surface area contributed by atoms with Crippen LogP contribution < -0.4 is 5.32 Å². The van der Waals surface area contributed by atoms with E-state index < -0.39 is 0 Å². The number of nitrogens with zero attached hydrogens (tertiary/aromatic N) is 1. The zero-order valence-corrected chi connectivity index (χ0v) is 15.3. The Morgan fingerprint density at radius 1 is 1.19 bits per heavy atom. The molecule has 2 rings (SSSR count). The van der Waals surface area contributed by atoms with E-state index in [4.69, 9.17) is 0 Å². The van der Waals surface area contributed by atoms with Crippen LogP contribution in [0.15, 0.2) is 0 Å². The molecule has 0 spiro atoms. The largest absolute Gasteiger partial charge is 0.311 e. The summed E-state index contributed by atoms with van der Waals surface area (Å²) in [5.74, 6) is 4.31. The fourth-order valence-electron chi connectivity index (χ4n) is 4.13. The van der Waals surface area contributed by atoms with E-state index in [2.05, 4.69) is 42.7 Å². The topological polar surface area (TPSA) is 15.3 Å². The minimum Gasteiger partial charge on any atom is -0.311 e. The van der Waals surface area contributed by atoms with E-state index in [-0.39, 0.29) is 0 Å². The van der Waals surface area contributed by atoms with Crippen LogP contribution in [0.25, 0.3) is 0 Å². The summed E-state index contributed by atoms with van der Waals surface area (Å²) in [4.78, 5) is 2.82. The smallest absolute Gasteiger partial charge is 0.0244 e. The second-order valence-corrected chi connectivity index (χ2v) is 8.66. The van der Waals surface area contributed by atoms with Crippen LogP contribution in [0, 0.1) is 11.8 Å². The third-order valence-corrected chi connectivity index (χ3v) is 6.40. The molecule has 2 aliphatic rings. The minimum absolute atomic E-state index is 0.747. The van der Waals surface area contributed by atoms with E-state index in [0.717, 1.165) is 23.9 Å². The molecule has 1 aliphatic heterocycles. The van der Waals surface area contributed by atoms with Gasteiger partial charge in [0.25, 0.3) is 0 Å². The van der Waals surface area contributed by atoms with Gasteiger partial charge in [-0.1, -0.05) is 40.0 Å². The molecule has 21 heavy (non-hydrogen) atoms. The molecule has 2 nitrogen and oxygen atoms in total. The quantitative estimate of drug-likeness (QED) is 0.715. The van der Waals surface area contributed by atoms with Gasteiger partial charge in [0.2, 0.25) is 0 Å². The van der Waals surface area contributed by atoms with Crippen molar-refractivity contribution in [1.82, 2.24) is 10.2 Å². The molecule has 124 valence electrons. The summed E-state index contributed by atoms with van der Waals surface area (Å²) in [5.41, 5.74) is 0. The number of piperazine rings is 1. The van der Waals surface area contributed by atoms with Crippen molar-refractivity contribution in [1.29, 1.82) is 0 Å². The Hall–Kier alpha value is 0.270. The number of hydrogen-bond acceptors (Lipinski definition) is 3. The molecule has 0 bridgehead atoms. The van der Waals surface area contributed by atoms with Crippen LogP contribution in [-0.4, -0.2) is 48.1 Å². The molecule has 1 saturated carbocycles. The molecule has 0 radical (unpaired) electrons. The molecule has 2 unspecified atom stereocenters. The lowest BCUT2D eigenvalue weighted by Crippen LogP contribution is -2.60. The van der Waals surface area contributed by atoms with Crippen LogP contribution in [0.2, 0.25) is 0 Å². The third-order valence-electron chi connectivity index (χ3n) is 5.42. The van der Waals surface area contributed by atoms with Crippen molar-refractivity contribution in [3.8, 4) is 0 Å². The highest BCUT2D eigenvalue weighted by molar-refractivity contribution is 7.99. The van der Waals surface area contributed by atoms with Gasteiger partial charge in [-0.3, -0.25) is 4.90 Å². The van der Waals surface area contributed by atoms with Crippen molar-refractivity contribution >= 4 is 11.8 Å². The highest BCUT2D eigenvalue weighted by atomic mass is 32.2. The van der Waals surface area contributed by atoms with E-state index in [0.29, 0.717) is 0 Å². The number of thioether (sulfide) groups is 1. The van der Waals surface area contributed by atoms with Gasteiger partial charge >= 0.3 is 0 Å². The van der Waals surface area contributed by atoms with Gasteiger partial charge in [0.15, 0.2) is 0 Å². The summed E-state index contributed by atoms with van der Waals surface area (Å²) in [6, 6.07) is 1.51. The van der Waals surface area contributed by atoms with E-state index in [1.165, 1.54) is 69.7 Å². The van der Waals surface area contributed by atoms with Gasteiger partial charge in [-0.05, 0) is 49.1 Å². The molecule has 1 heterocycles. The maximum Gasteiger partial charge on any atom is 0.0244 e. The van der Waals surface area contributed by atoms with Gasteiger partial charge < -0.3 is 5.32 Å². The van der Waals surface area contributed by atoms with E-state index in [1.807, 2.05) is 0 Å². The Morgan fingerprint density at radius 2 is 1.95 bits per heavy atom. The second-order valence-electron chi connectivity index (χ2n) is 7.27. The fourth-order valence-corrected chi connectivity index (χ4v) is 4.76. The maximum absolute atomic E-state index is 3.90. The van der Waals surface area contributed by atoms with Gasteiger partial charge in [0.05, 0.1) is 0 Å². The van der Waals surface area contributed by atoms with Crippen LogP contribution in [0.3, 0.4) is 0 Å². The lowest BCUT2D eigenvalue weighted by molar-refractivity contribution is 0.0726. The highest BCUT2D eigenvalue weighted by Gasteiger charge is 2.33. The van der Waals surface area contributed by atoms with E-state index in [1.54, 1.807) is 0 Å². The molecular weight excluding hydrogens is 276 g/mol. The molecule has 0 amide bonds. The number of rotatable bonds is 7. The van der Waals surface area contributed by atoms with Gasteiger partial charge in [-0.2, -0.15) is 11.8 Å². The number of hydrogen-bond donors (Lipinski definition) is 1. The minimum atomic E-state index is 0.747. The SMILES string of the molecule is CCSCCCN1CC(C2CCCCC2)NCC1C(C)C. The summed E-state index contributed by atoms with van der Waals surface area (Å²) in [6.07, 6.45) is 8.68. The third kappa shape index (κ3) is 5.44. The molecular formula is C18H36N2S. The molecule has 2 atom stereocenters. The predicted molar refractivity (Wildman–Crippen MR) is 96.2 cm³/mol. The van der Waals surface area contributed by atoms with Crippen molar-refractivity contribution < 1.29 is 0 Å². The molecule has 1 aliphatic carbocycles. The molecule has 1 N–H and O–H groups in total. The Bertz CT molecular complexity index is 276. The van der Waals surface area contributed by atoms with E-state index in [9.17, 15) is 0 Å². The van der Waals surface area contributed by atoms with Crippen molar-refractivity contribution in [2.24, 2.45) is 11.8 Å². The Labute approximate surface area is 136 Å². The molecule has 0 aromatic carbocycles. The standard InChI is InChI=1S/C18H36N2S/c1-4-21-12-8-11-20-14-17(16-9-6-5-7-10-16)19-13-18(20)15(2)3/h15-19H,4-14H2,1-3H3. The number of nitrogens with one attached hydrogen (secondary N) is 1. The zero-order chi connectivity index (χ0) is 15.1. The Morgan fingerprint density at radius 3 is 2.62 bits per heavy atom. The first-order valence-corrected chi connectivity index (χ1v) is 10.4. The monoisotopic (exact) mass is 312 g/mol. The average Bonchev–Trinajstić information content (AvgIpc) is 2.52. The van der Waals surface area contributed by atoms with Crippen molar-refractivity contribution in [2.45, 2.75) is 71.4 Å². The van der Waals surface area contributed by atoms with Gasteiger partial charge in [0, 0.05) is 25.2 Å². The van der Waals surface area contributed by atoms with Crippen molar-refractivity contribution in [3.05, 3.63) is 0 Å². The normalized spacial score (nSPS) is 29.1. The lowest BCUT2D eigenvalue weighted by atomic mass is 9.82. The molecule has 1 saturated heterocycles. The van der Waals surface area contributed by atoms with Crippen LogP contribution in [0.1, 0.15) is 59.3 Å². The molecule has 0 aromatic heterocycles. The Kier molecular flexibility index (Phi) is 7.90. The van der Waals surface area contributed by atoms with Gasteiger partial charge in [0.1, 0.15) is 0 Å². The van der Waals surface area contributed by atoms with Crippen molar-refractivity contribution in [3.63, 3.8) is 0 Å². The Balaban J connectivity index is 1.84. The van der Waals surface area contributed by atoms with Gasteiger partial charge in [-0.25, -0.2) is 0 Å². The second kappa shape index (κ2) is 9.42. The fraction of sp³-hybridized carbons (Fsp3) is 1.00. The highest BCUT2D eigenvalue weighted by Crippen LogP contribution is 2.29. The van der Waals surface area contributed by atoms with Crippen LogP contribution >= 0.6 is 11.8 Å². The summed E-state index contributed by atoms with van der Waals surface area (Å²) in [5, 5.41) is 3.90. The average molecular weight is 313 g/mol. The first kappa shape index (κ1) is 17.6. The van der Waals surface area contributed by atoms with Crippen LogP contribution in [-0.2, 0) is 0 Å². The van der Waals surface area contributed by atoms with Crippen LogP contribution in [0.4, 0.5) is 0 Å². The van der Waals surface area contributed by atoms with Crippen LogP contribution in [0.5, 0.6) is 0 Å². The molecule has 0 aromatic rings. The summed E-state index contributed by atoms with van der Waals surface area (Å²) >= 11 is 2.09. The summed E-state index contributed by atoms with van der Waals surface area (Å²) in [7, 11) is 0. The van der Waals surface area contributed by atoms with Crippen molar-refractivity contribution in [2.75, 3.05) is 31.1 Å². The maximum atomic E-state index is 3.90.